The summed E-state index contributed by atoms with van der Waals surface area (Å²) < 4.78 is 22.4. The van der Waals surface area contributed by atoms with E-state index in [0.717, 1.165) is 48.3 Å². The van der Waals surface area contributed by atoms with Crippen LogP contribution < -0.4 is 18.9 Å². The molecule has 0 fully saturated rings. The van der Waals surface area contributed by atoms with Crippen LogP contribution in [0.4, 0.5) is 0 Å². The molecule has 0 aliphatic carbocycles. The van der Waals surface area contributed by atoms with Gasteiger partial charge in [0, 0.05) is 0 Å². The molecule has 0 spiro atoms. The Kier molecular flexibility index (Phi) is 8.35. The van der Waals surface area contributed by atoms with Crippen molar-refractivity contribution in [1.29, 1.82) is 0 Å². The van der Waals surface area contributed by atoms with E-state index in [1.165, 1.54) is 11.1 Å². The predicted octanol–water partition coefficient (Wildman–Crippen LogP) is 6.78. The molecule has 1 N–H and O–H groups in total. The molecule has 0 radical (unpaired) electrons. The first-order valence-corrected chi connectivity index (χ1v) is 12.0. The lowest BCUT2D eigenvalue weighted by Gasteiger charge is -2.13. The first kappa shape index (κ1) is 25.0. The molecule has 0 aliphatic rings. The van der Waals surface area contributed by atoms with Crippen LogP contribution in [0.25, 0.3) is 0 Å². The van der Waals surface area contributed by atoms with E-state index in [-0.39, 0.29) is 5.75 Å². The van der Waals surface area contributed by atoms with Crippen LogP contribution in [0.5, 0.6) is 34.5 Å². The fraction of sp³-hybridized carbons (Fsp3) is 0.226. The van der Waals surface area contributed by atoms with E-state index >= 15 is 0 Å². The molecule has 0 saturated carbocycles. The van der Waals surface area contributed by atoms with E-state index in [0.29, 0.717) is 17.2 Å². The summed E-state index contributed by atoms with van der Waals surface area (Å²) >= 11 is 0. The van der Waals surface area contributed by atoms with E-state index in [1.807, 2.05) is 48.5 Å². The Morgan fingerprint density at radius 2 is 1.03 bits per heavy atom. The summed E-state index contributed by atoms with van der Waals surface area (Å²) in [5, 5.41) is 9.80. The van der Waals surface area contributed by atoms with Crippen LogP contribution in [-0.2, 0) is 25.7 Å². The van der Waals surface area contributed by atoms with Crippen LogP contribution in [-0.4, -0.2) is 26.4 Å². The molecule has 0 aromatic heterocycles. The molecule has 0 aliphatic heterocycles. The van der Waals surface area contributed by atoms with Gasteiger partial charge in [-0.15, -0.1) is 0 Å². The van der Waals surface area contributed by atoms with Gasteiger partial charge in [-0.05, 0) is 96.5 Å². The third kappa shape index (κ3) is 6.51. The molecule has 186 valence electrons. The average molecular weight is 485 g/mol. The van der Waals surface area contributed by atoms with Gasteiger partial charge in [0.15, 0.2) is 23.0 Å². The summed E-state index contributed by atoms with van der Waals surface area (Å²) in [6.45, 7) is 0. The summed E-state index contributed by atoms with van der Waals surface area (Å²) in [5.41, 5.74) is 4.67. The summed E-state index contributed by atoms with van der Waals surface area (Å²) in [5.74, 6) is 3.66. The van der Waals surface area contributed by atoms with Crippen molar-refractivity contribution in [3.05, 3.63) is 107 Å². The van der Waals surface area contributed by atoms with E-state index in [1.54, 1.807) is 27.4 Å². The second-order valence-electron chi connectivity index (χ2n) is 8.59. The van der Waals surface area contributed by atoms with Gasteiger partial charge < -0.3 is 24.1 Å². The number of rotatable bonds is 11. The quantitative estimate of drug-likeness (QED) is 0.254. The molecule has 0 unspecified atom stereocenters. The predicted molar refractivity (Wildman–Crippen MR) is 142 cm³/mol. The van der Waals surface area contributed by atoms with E-state index < -0.39 is 0 Å². The molecule has 5 nitrogen and oxygen atoms in total. The van der Waals surface area contributed by atoms with Gasteiger partial charge in [0.1, 0.15) is 11.5 Å². The maximum absolute atomic E-state index is 9.80. The van der Waals surface area contributed by atoms with Gasteiger partial charge in [-0.25, -0.2) is 0 Å². The molecular weight excluding hydrogens is 452 g/mol. The molecule has 36 heavy (non-hydrogen) atoms. The second-order valence-corrected chi connectivity index (χ2v) is 8.59. The van der Waals surface area contributed by atoms with Crippen LogP contribution >= 0.6 is 0 Å². The van der Waals surface area contributed by atoms with Crippen LogP contribution in [0.2, 0.25) is 0 Å². The fourth-order valence-electron chi connectivity index (χ4n) is 4.13. The number of benzene rings is 4. The van der Waals surface area contributed by atoms with Crippen molar-refractivity contribution in [2.24, 2.45) is 0 Å². The Labute approximate surface area is 212 Å². The van der Waals surface area contributed by atoms with E-state index in [9.17, 15) is 5.11 Å². The number of aromatic hydroxyl groups is 1. The summed E-state index contributed by atoms with van der Waals surface area (Å²) in [4.78, 5) is 0. The Morgan fingerprint density at radius 1 is 0.500 bits per heavy atom. The van der Waals surface area contributed by atoms with Crippen molar-refractivity contribution in [1.82, 2.24) is 0 Å². The van der Waals surface area contributed by atoms with Gasteiger partial charge in [0.25, 0.3) is 0 Å². The Morgan fingerprint density at radius 3 is 1.64 bits per heavy atom. The minimum Gasteiger partial charge on any atom is -0.504 e. The van der Waals surface area contributed by atoms with Gasteiger partial charge in [0.05, 0.1) is 21.3 Å². The summed E-state index contributed by atoms with van der Waals surface area (Å²) in [7, 11) is 4.90. The summed E-state index contributed by atoms with van der Waals surface area (Å²) in [6.07, 6.45) is 3.47. The largest absolute Gasteiger partial charge is 0.504 e. The van der Waals surface area contributed by atoms with Crippen molar-refractivity contribution in [2.45, 2.75) is 25.7 Å². The molecule has 4 aromatic rings. The van der Waals surface area contributed by atoms with Crippen LogP contribution in [0.1, 0.15) is 22.3 Å². The third-order valence-corrected chi connectivity index (χ3v) is 6.14. The molecule has 0 bridgehead atoms. The molecule has 0 amide bonds. The lowest BCUT2D eigenvalue weighted by atomic mass is 10.0. The number of methoxy groups -OCH3 is 3. The lowest BCUT2D eigenvalue weighted by molar-refractivity contribution is 0.373. The number of phenolic OH excluding ortho intramolecular Hbond substituents is 1. The highest BCUT2D eigenvalue weighted by Crippen LogP contribution is 2.33. The minimum atomic E-state index is 0.147. The van der Waals surface area contributed by atoms with E-state index in [2.05, 4.69) is 30.3 Å². The standard InChI is InChI=1S/C31H32O5/c1-33-26-8-4-6-22(18-26)10-11-23-7-5-9-27(19-23)36-29-17-15-25(21-31(29)35-3)13-12-24-14-16-28(32)30(20-24)34-2/h4-9,14-21,32H,10-13H2,1-3H3. The van der Waals surface area contributed by atoms with E-state index in [4.69, 9.17) is 18.9 Å². The van der Waals surface area contributed by atoms with Crippen molar-refractivity contribution in [2.75, 3.05) is 21.3 Å². The minimum absolute atomic E-state index is 0.147. The molecular formula is C31H32O5. The Hall–Kier alpha value is -4.12. The number of ether oxygens (including phenoxy) is 4. The molecule has 0 heterocycles. The smallest absolute Gasteiger partial charge is 0.169 e. The fourth-order valence-corrected chi connectivity index (χ4v) is 4.13. The highest BCUT2D eigenvalue weighted by molar-refractivity contribution is 5.47. The van der Waals surface area contributed by atoms with Gasteiger partial charge in [-0.3, -0.25) is 0 Å². The van der Waals surface area contributed by atoms with Crippen LogP contribution in [0, 0.1) is 0 Å². The zero-order valence-electron chi connectivity index (χ0n) is 21.0. The maximum atomic E-state index is 9.80. The number of hydrogen-bond acceptors (Lipinski definition) is 5. The van der Waals surface area contributed by atoms with Gasteiger partial charge in [-0.2, -0.15) is 0 Å². The van der Waals surface area contributed by atoms with Crippen LogP contribution in [0.3, 0.4) is 0 Å². The first-order valence-electron chi connectivity index (χ1n) is 12.0. The zero-order chi connectivity index (χ0) is 25.3. The van der Waals surface area contributed by atoms with Crippen molar-refractivity contribution in [3.8, 4) is 34.5 Å². The van der Waals surface area contributed by atoms with Crippen molar-refractivity contribution in [3.63, 3.8) is 0 Å². The molecule has 5 heteroatoms. The SMILES string of the molecule is COc1cccc(CCc2cccc(Oc3ccc(CCc4ccc(O)c(OC)c4)cc3OC)c2)c1. The number of aryl methyl sites for hydroxylation is 4. The van der Waals surface area contributed by atoms with Crippen molar-refractivity contribution >= 4 is 0 Å². The lowest BCUT2D eigenvalue weighted by Crippen LogP contribution is -1.96. The third-order valence-electron chi connectivity index (χ3n) is 6.14. The summed E-state index contributed by atoms with van der Waals surface area (Å²) in [6, 6.07) is 27.8. The van der Waals surface area contributed by atoms with Gasteiger partial charge in [-0.1, -0.05) is 36.4 Å². The van der Waals surface area contributed by atoms with Crippen LogP contribution in [0.15, 0.2) is 84.9 Å². The Balaban J connectivity index is 1.40. The normalized spacial score (nSPS) is 10.6. The monoisotopic (exact) mass is 484 g/mol. The molecule has 0 saturated heterocycles. The number of phenols is 1. The average Bonchev–Trinajstić information content (AvgIpc) is 2.92. The molecule has 0 atom stereocenters. The molecule has 4 aromatic carbocycles. The topological polar surface area (TPSA) is 57.2 Å². The number of hydrogen-bond donors (Lipinski definition) is 1. The van der Waals surface area contributed by atoms with Crippen molar-refractivity contribution < 1.29 is 24.1 Å². The zero-order valence-corrected chi connectivity index (χ0v) is 21.0. The van der Waals surface area contributed by atoms with Gasteiger partial charge in [0.2, 0.25) is 0 Å². The molecule has 4 rings (SSSR count). The first-order chi connectivity index (χ1) is 17.6. The maximum Gasteiger partial charge on any atom is 0.169 e. The van der Waals surface area contributed by atoms with Gasteiger partial charge >= 0.3 is 0 Å². The highest BCUT2D eigenvalue weighted by Gasteiger charge is 2.09. The second kappa shape index (κ2) is 12.0. The Bertz CT molecular complexity index is 1300. The highest BCUT2D eigenvalue weighted by atomic mass is 16.5.